The molecule has 0 spiro atoms. The van der Waals surface area contributed by atoms with Crippen molar-refractivity contribution < 1.29 is 19.8 Å². The fourth-order valence-corrected chi connectivity index (χ4v) is 3.12. The van der Waals surface area contributed by atoms with Crippen molar-refractivity contribution in [2.24, 2.45) is 0 Å². The van der Waals surface area contributed by atoms with Crippen LogP contribution in [0.5, 0.6) is 0 Å². The van der Waals surface area contributed by atoms with Gasteiger partial charge in [0.1, 0.15) is 6.04 Å². The van der Waals surface area contributed by atoms with Crippen LogP contribution < -0.4 is 5.32 Å². The molecule has 1 aromatic carbocycles. The summed E-state index contributed by atoms with van der Waals surface area (Å²) in [6.45, 7) is 0.691. The maximum absolute atomic E-state index is 12.6. The molecule has 1 saturated heterocycles. The van der Waals surface area contributed by atoms with Gasteiger partial charge in [0.2, 0.25) is 5.91 Å². The maximum atomic E-state index is 12.6. The molecule has 1 aromatic rings. The highest BCUT2D eigenvalue weighted by atomic mass is 16.4. The molecule has 2 aliphatic rings. The molecule has 2 unspecified atom stereocenters. The molecule has 2 heterocycles. The fourth-order valence-electron chi connectivity index (χ4n) is 3.12. The molecular formula is C15H18N2O4. The molecule has 1 fully saturated rings. The van der Waals surface area contributed by atoms with Gasteiger partial charge in [0.05, 0.1) is 12.1 Å². The van der Waals surface area contributed by atoms with Gasteiger partial charge < -0.3 is 20.4 Å². The minimum atomic E-state index is -1.06. The summed E-state index contributed by atoms with van der Waals surface area (Å²) in [6, 6.07) is 6.55. The van der Waals surface area contributed by atoms with E-state index in [1.165, 1.54) is 4.90 Å². The monoisotopic (exact) mass is 290 g/mol. The number of nitrogens with zero attached hydrogens (tertiary/aromatic N) is 1. The molecule has 112 valence electrons. The van der Waals surface area contributed by atoms with Gasteiger partial charge in [-0.2, -0.15) is 0 Å². The summed E-state index contributed by atoms with van der Waals surface area (Å²) in [5.41, 5.74) is 2.28. The maximum Gasteiger partial charge on any atom is 0.326 e. The second-order valence-electron chi connectivity index (χ2n) is 5.64. The Hall–Kier alpha value is -1.92. The van der Waals surface area contributed by atoms with Gasteiger partial charge in [-0.05, 0) is 17.5 Å². The zero-order valence-corrected chi connectivity index (χ0v) is 11.5. The van der Waals surface area contributed by atoms with Gasteiger partial charge >= 0.3 is 5.97 Å². The van der Waals surface area contributed by atoms with Crippen molar-refractivity contribution in [3.05, 3.63) is 35.4 Å². The number of carboxylic acids is 1. The number of carbonyl (C=O) groups excluding carboxylic acids is 1. The standard InChI is InChI=1S/C15H18N2O4/c18-11-6-13(15(20)21)17(8-11)14(19)12-5-9-3-1-2-4-10(9)7-16-12/h1-4,11-13,16,18H,5-8H2,(H,20,21)/t11?,12-,13?/m0/s1. The first-order valence-corrected chi connectivity index (χ1v) is 7.08. The molecule has 0 radical (unpaired) electrons. The Bertz CT molecular complexity index is 575. The molecule has 3 N–H and O–H groups in total. The molecule has 0 aromatic heterocycles. The summed E-state index contributed by atoms with van der Waals surface area (Å²) in [4.78, 5) is 25.1. The number of aliphatic hydroxyl groups excluding tert-OH is 1. The Morgan fingerprint density at radius 1 is 1.24 bits per heavy atom. The molecule has 0 aliphatic carbocycles. The molecule has 6 nitrogen and oxygen atoms in total. The van der Waals surface area contributed by atoms with Crippen LogP contribution in [0.3, 0.4) is 0 Å². The van der Waals surface area contributed by atoms with Crippen molar-refractivity contribution in [3.63, 3.8) is 0 Å². The Balaban J connectivity index is 1.76. The van der Waals surface area contributed by atoms with E-state index in [-0.39, 0.29) is 18.9 Å². The zero-order chi connectivity index (χ0) is 15.0. The number of rotatable bonds is 2. The average molecular weight is 290 g/mol. The van der Waals surface area contributed by atoms with E-state index in [1.54, 1.807) is 0 Å². The highest BCUT2D eigenvalue weighted by molar-refractivity contribution is 5.88. The number of β-amino-alcohol motifs (C(OH)–C–C–N with tert-alkyl or cyclic N) is 1. The number of hydrogen-bond acceptors (Lipinski definition) is 4. The van der Waals surface area contributed by atoms with Crippen molar-refractivity contribution in [2.75, 3.05) is 6.54 Å². The van der Waals surface area contributed by atoms with Crippen LogP contribution in [0.15, 0.2) is 24.3 Å². The number of carbonyl (C=O) groups is 2. The van der Waals surface area contributed by atoms with Crippen molar-refractivity contribution >= 4 is 11.9 Å². The molecular weight excluding hydrogens is 272 g/mol. The lowest BCUT2D eigenvalue weighted by Gasteiger charge is -2.30. The van der Waals surface area contributed by atoms with Gasteiger partial charge in [-0.1, -0.05) is 24.3 Å². The van der Waals surface area contributed by atoms with Crippen LogP contribution in [0.2, 0.25) is 0 Å². The first kappa shape index (κ1) is 14.0. The van der Waals surface area contributed by atoms with E-state index in [1.807, 2.05) is 24.3 Å². The lowest BCUT2D eigenvalue weighted by Crippen LogP contribution is -2.52. The van der Waals surface area contributed by atoms with Gasteiger partial charge in [0.25, 0.3) is 0 Å². The number of nitrogens with one attached hydrogen (secondary N) is 1. The zero-order valence-electron chi connectivity index (χ0n) is 11.5. The molecule has 0 bridgehead atoms. The number of aliphatic hydroxyl groups is 1. The van der Waals surface area contributed by atoms with Crippen molar-refractivity contribution in [1.29, 1.82) is 0 Å². The van der Waals surface area contributed by atoms with Gasteiger partial charge in [-0.15, -0.1) is 0 Å². The van der Waals surface area contributed by atoms with E-state index in [0.29, 0.717) is 13.0 Å². The van der Waals surface area contributed by atoms with Crippen LogP contribution in [0.4, 0.5) is 0 Å². The van der Waals surface area contributed by atoms with Crippen LogP contribution in [0.25, 0.3) is 0 Å². The van der Waals surface area contributed by atoms with E-state index < -0.39 is 24.2 Å². The molecule has 3 rings (SSSR count). The SMILES string of the molecule is O=C(O)C1CC(O)CN1C(=O)[C@@H]1Cc2ccccc2CN1. The summed E-state index contributed by atoms with van der Waals surface area (Å²) in [5, 5.41) is 22.0. The van der Waals surface area contributed by atoms with E-state index in [9.17, 15) is 19.8 Å². The highest BCUT2D eigenvalue weighted by Crippen LogP contribution is 2.22. The summed E-state index contributed by atoms with van der Waals surface area (Å²) >= 11 is 0. The topological polar surface area (TPSA) is 89.9 Å². The summed E-state index contributed by atoms with van der Waals surface area (Å²) in [6.07, 6.45) is -0.107. The normalized spacial score (nSPS) is 28.2. The predicted octanol–water partition coefficient (Wildman–Crippen LogP) is -0.253. The number of fused-ring (bicyclic) bond motifs is 1. The molecule has 6 heteroatoms. The Morgan fingerprint density at radius 2 is 1.95 bits per heavy atom. The Labute approximate surface area is 122 Å². The third-order valence-corrected chi connectivity index (χ3v) is 4.23. The van der Waals surface area contributed by atoms with Crippen molar-refractivity contribution in [3.8, 4) is 0 Å². The first-order chi connectivity index (χ1) is 10.1. The average Bonchev–Trinajstić information content (AvgIpc) is 2.88. The molecule has 2 aliphatic heterocycles. The third kappa shape index (κ3) is 2.64. The summed E-state index contributed by atoms with van der Waals surface area (Å²) < 4.78 is 0. The minimum absolute atomic E-state index is 0.0929. The van der Waals surface area contributed by atoms with Crippen LogP contribution in [0.1, 0.15) is 17.5 Å². The number of carboxylic acid groups (broad SMARTS) is 1. The number of aliphatic carboxylic acids is 1. The van der Waals surface area contributed by atoms with Crippen LogP contribution in [-0.2, 0) is 22.6 Å². The van der Waals surface area contributed by atoms with E-state index in [0.717, 1.165) is 11.1 Å². The van der Waals surface area contributed by atoms with Crippen LogP contribution >= 0.6 is 0 Å². The Morgan fingerprint density at radius 3 is 2.67 bits per heavy atom. The fraction of sp³-hybridized carbons (Fsp3) is 0.467. The lowest BCUT2D eigenvalue weighted by atomic mass is 9.95. The number of benzene rings is 1. The summed E-state index contributed by atoms with van der Waals surface area (Å²) in [7, 11) is 0. The van der Waals surface area contributed by atoms with E-state index in [2.05, 4.69) is 5.32 Å². The summed E-state index contributed by atoms with van der Waals surface area (Å²) in [5.74, 6) is -1.30. The largest absolute Gasteiger partial charge is 0.480 e. The Kier molecular flexibility index (Phi) is 3.65. The number of hydrogen-bond donors (Lipinski definition) is 3. The third-order valence-electron chi connectivity index (χ3n) is 4.23. The molecule has 3 atom stereocenters. The van der Waals surface area contributed by atoms with Crippen molar-refractivity contribution in [1.82, 2.24) is 10.2 Å². The van der Waals surface area contributed by atoms with Gasteiger partial charge in [-0.3, -0.25) is 4.79 Å². The minimum Gasteiger partial charge on any atom is -0.480 e. The lowest BCUT2D eigenvalue weighted by molar-refractivity contribution is -0.149. The van der Waals surface area contributed by atoms with Gasteiger partial charge in [-0.25, -0.2) is 4.79 Å². The highest BCUT2D eigenvalue weighted by Gasteiger charge is 2.41. The predicted molar refractivity (Wildman–Crippen MR) is 74.5 cm³/mol. The second kappa shape index (κ2) is 5.46. The van der Waals surface area contributed by atoms with Crippen LogP contribution in [-0.4, -0.2) is 51.7 Å². The van der Waals surface area contributed by atoms with Crippen LogP contribution in [0, 0.1) is 0 Å². The van der Waals surface area contributed by atoms with Gasteiger partial charge in [0, 0.05) is 19.5 Å². The van der Waals surface area contributed by atoms with Gasteiger partial charge in [0.15, 0.2) is 0 Å². The number of likely N-dealkylation sites (tertiary alicyclic amines) is 1. The smallest absolute Gasteiger partial charge is 0.326 e. The van der Waals surface area contributed by atoms with Crippen molar-refractivity contribution in [2.45, 2.75) is 37.6 Å². The molecule has 21 heavy (non-hydrogen) atoms. The quantitative estimate of drug-likeness (QED) is 0.699. The molecule has 1 amide bonds. The number of amides is 1. The second-order valence-corrected chi connectivity index (χ2v) is 5.64. The van der Waals surface area contributed by atoms with E-state index in [4.69, 9.17) is 0 Å². The van der Waals surface area contributed by atoms with E-state index >= 15 is 0 Å². The molecule has 0 saturated carbocycles. The first-order valence-electron chi connectivity index (χ1n) is 7.08.